The summed E-state index contributed by atoms with van der Waals surface area (Å²) in [6.45, 7) is 12.0. The first-order valence-corrected chi connectivity index (χ1v) is 15.8. The third-order valence-electron chi connectivity index (χ3n) is 5.88. The predicted octanol–water partition coefficient (Wildman–Crippen LogP) is 8.01. The number of hydrogen-bond donors (Lipinski definition) is 0. The Kier molecular flexibility index (Phi) is 23.9. The normalized spacial score (nSPS) is 11.6. The van der Waals surface area contributed by atoms with Crippen molar-refractivity contribution in [3.63, 3.8) is 0 Å². The predicted molar refractivity (Wildman–Crippen MR) is 140 cm³/mol. The van der Waals surface area contributed by atoms with E-state index in [2.05, 4.69) is 6.58 Å². The largest absolute Gasteiger partial charge is 0.500 e. The van der Waals surface area contributed by atoms with Crippen LogP contribution in [0.3, 0.4) is 0 Å². The molecule has 0 N–H and O–H groups in total. The van der Waals surface area contributed by atoms with Crippen molar-refractivity contribution >= 4 is 14.8 Å². The van der Waals surface area contributed by atoms with Crippen LogP contribution in [0.4, 0.5) is 0 Å². The summed E-state index contributed by atoms with van der Waals surface area (Å²) < 4.78 is 22.8. The first-order valence-electron chi connectivity index (χ1n) is 13.8. The molecular weight excluding hydrogens is 432 g/mol. The lowest BCUT2D eigenvalue weighted by atomic mass is 10.0. The zero-order valence-electron chi connectivity index (χ0n) is 22.2. The molecule has 0 saturated heterocycles. The van der Waals surface area contributed by atoms with Crippen LogP contribution in [0, 0.1) is 0 Å². The van der Waals surface area contributed by atoms with E-state index >= 15 is 0 Å². The highest BCUT2D eigenvalue weighted by Crippen LogP contribution is 2.21. The quantitative estimate of drug-likeness (QED) is 0.0536. The van der Waals surface area contributed by atoms with Crippen molar-refractivity contribution in [3.05, 3.63) is 12.7 Å². The Labute approximate surface area is 206 Å². The minimum atomic E-state index is -2.43. The Bertz CT molecular complexity index is 427. The van der Waals surface area contributed by atoms with E-state index in [0.29, 0.717) is 26.4 Å². The van der Waals surface area contributed by atoms with Gasteiger partial charge in [-0.25, -0.2) is 4.79 Å². The van der Waals surface area contributed by atoms with Crippen LogP contribution in [0.2, 0.25) is 6.04 Å². The molecule has 0 spiro atoms. The summed E-state index contributed by atoms with van der Waals surface area (Å²) in [6, 6.07) is 0.952. The summed E-state index contributed by atoms with van der Waals surface area (Å²) >= 11 is 0. The van der Waals surface area contributed by atoms with Crippen molar-refractivity contribution in [2.24, 2.45) is 0 Å². The molecule has 0 rings (SSSR count). The molecule has 0 atom stereocenters. The summed E-state index contributed by atoms with van der Waals surface area (Å²) in [5, 5.41) is 0. The molecule has 33 heavy (non-hydrogen) atoms. The molecule has 0 unspecified atom stereocenters. The van der Waals surface area contributed by atoms with Crippen molar-refractivity contribution < 1.29 is 22.8 Å². The third-order valence-corrected chi connectivity index (χ3v) is 9.03. The summed E-state index contributed by atoms with van der Waals surface area (Å²) in [6.07, 6.45) is 21.9. The zero-order valence-corrected chi connectivity index (χ0v) is 23.2. The van der Waals surface area contributed by atoms with Crippen LogP contribution in [0.5, 0.6) is 0 Å². The maximum Gasteiger partial charge on any atom is 0.500 e. The Morgan fingerprint density at radius 1 is 0.606 bits per heavy atom. The Balaban J connectivity index is 3.39. The van der Waals surface area contributed by atoms with Gasteiger partial charge in [-0.3, -0.25) is 0 Å². The van der Waals surface area contributed by atoms with Crippen molar-refractivity contribution in [3.8, 4) is 0 Å². The van der Waals surface area contributed by atoms with E-state index < -0.39 is 8.80 Å². The zero-order chi connectivity index (χ0) is 24.5. The van der Waals surface area contributed by atoms with Crippen molar-refractivity contribution in [2.45, 2.75) is 130 Å². The molecule has 0 saturated carbocycles. The molecule has 0 aliphatic rings. The molecule has 0 heterocycles. The van der Waals surface area contributed by atoms with Gasteiger partial charge < -0.3 is 18.0 Å². The van der Waals surface area contributed by atoms with Crippen LogP contribution in [0.25, 0.3) is 0 Å². The Morgan fingerprint density at radius 2 is 0.939 bits per heavy atom. The van der Waals surface area contributed by atoms with E-state index in [4.69, 9.17) is 18.0 Å². The standard InChI is InChI=1S/C27H54O5Si/c1-5-27(28)29-25-23-21-19-17-15-13-11-9-10-12-14-16-18-20-22-24-26-33(30-6-2,31-7-3)32-8-4/h5H,1,6-26H2,2-4H3. The van der Waals surface area contributed by atoms with Gasteiger partial charge in [-0.05, 0) is 33.6 Å². The fourth-order valence-electron chi connectivity index (χ4n) is 4.15. The second kappa shape index (κ2) is 24.4. The van der Waals surface area contributed by atoms with Crippen LogP contribution in [0.1, 0.15) is 124 Å². The van der Waals surface area contributed by atoms with E-state index in [-0.39, 0.29) is 5.97 Å². The van der Waals surface area contributed by atoms with E-state index in [9.17, 15) is 4.79 Å². The monoisotopic (exact) mass is 486 g/mol. The maximum atomic E-state index is 10.9. The SMILES string of the molecule is C=CC(=O)OCCCCCCCCCCCCCCCCCC[Si](OCC)(OCC)OCC. The molecule has 0 aliphatic heterocycles. The molecule has 0 amide bonds. The molecule has 0 fully saturated rings. The lowest BCUT2D eigenvalue weighted by molar-refractivity contribution is -0.137. The highest BCUT2D eigenvalue weighted by atomic mass is 28.4. The molecule has 196 valence electrons. The highest BCUT2D eigenvalue weighted by Gasteiger charge is 2.39. The first kappa shape index (κ1) is 32.3. The number of carbonyl (C=O) groups is 1. The van der Waals surface area contributed by atoms with Gasteiger partial charge in [0.1, 0.15) is 0 Å². The van der Waals surface area contributed by atoms with Crippen molar-refractivity contribution in [1.82, 2.24) is 0 Å². The number of unbranched alkanes of at least 4 members (excludes halogenated alkanes) is 15. The van der Waals surface area contributed by atoms with Gasteiger partial charge in [0.15, 0.2) is 0 Å². The van der Waals surface area contributed by atoms with Gasteiger partial charge in [-0.15, -0.1) is 0 Å². The molecular formula is C27H54O5Si. The topological polar surface area (TPSA) is 54.0 Å². The number of ether oxygens (including phenoxy) is 1. The number of rotatable bonds is 26. The third kappa shape index (κ3) is 20.4. The number of esters is 1. The average Bonchev–Trinajstić information content (AvgIpc) is 2.81. The lowest BCUT2D eigenvalue weighted by Crippen LogP contribution is -2.45. The number of carbonyl (C=O) groups excluding carboxylic acids is 1. The van der Waals surface area contributed by atoms with E-state index in [1.807, 2.05) is 20.8 Å². The molecule has 0 aromatic carbocycles. The van der Waals surface area contributed by atoms with E-state index in [1.54, 1.807) is 0 Å². The highest BCUT2D eigenvalue weighted by molar-refractivity contribution is 6.60. The molecule has 0 bridgehead atoms. The first-order chi connectivity index (χ1) is 16.1. The van der Waals surface area contributed by atoms with E-state index in [1.165, 1.54) is 89.5 Å². The fraction of sp³-hybridized carbons (Fsp3) is 0.889. The van der Waals surface area contributed by atoms with Gasteiger partial charge in [0.2, 0.25) is 0 Å². The van der Waals surface area contributed by atoms with Crippen LogP contribution in [-0.4, -0.2) is 41.2 Å². The van der Waals surface area contributed by atoms with Crippen LogP contribution >= 0.6 is 0 Å². The van der Waals surface area contributed by atoms with Gasteiger partial charge in [-0.1, -0.05) is 96.5 Å². The molecule has 0 aromatic rings. The summed E-state index contributed by atoms with van der Waals surface area (Å²) in [4.78, 5) is 10.9. The van der Waals surface area contributed by atoms with Crippen molar-refractivity contribution in [1.29, 1.82) is 0 Å². The van der Waals surface area contributed by atoms with Crippen LogP contribution in [0.15, 0.2) is 12.7 Å². The minimum Gasteiger partial charge on any atom is -0.463 e. The summed E-state index contributed by atoms with van der Waals surface area (Å²) in [5.74, 6) is -0.309. The Morgan fingerprint density at radius 3 is 1.27 bits per heavy atom. The minimum absolute atomic E-state index is 0.309. The Hall–Kier alpha value is -0.693. The van der Waals surface area contributed by atoms with Gasteiger partial charge in [0, 0.05) is 31.9 Å². The van der Waals surface area contributed by atoms with Crippen LogP contribution < -0.4 is 0 Å². The van der Waals surface area contributed by atoms with E-state index in [0.717, 1.165) is 25.3 Å². The van der Waals surface area contributed by atoms with Gasteiger partial charge >= 0.3 is 14.8 Å². The average molecular weight is 487 g/mol. The molecule has 0 aliphatic carbocycles. The maximum absolute atomic E-state index is 10.9. The second-order valence-corrected chi connectivity index (χ2v) is 11.5. The fourth-order valence-corrected chi connectivity index (χ4v) is 6.84. The van der Waals surface area contributed by atoms with Gasteiger partial charge in [-0.2, -0.15) is 0 Å². The molecule has 0 radical (unpaired) electrons. The lowest BCUT2D eigenvalue weighted by Gasteiger charge is -2.28. The number of hydrogen-bond acceptors (Lipinski definition) is 5. The van der Waals surface area contributed by atoms with Gasteiger partial charge in [0.05, 0.1) is 6.61 Å². The molecule has 6 heteroatoms. The smallest absolute Gasteiger partial charge is 0.463 e. The molecule has 0 aromatic heterocycles. The van der Waals surface area contributed by atoms with Crippen molar-refractivity contribution in [2.75, 3.05) is 26.4 Å². The van der Waals surface area contributed by atoms with Crippen LogP contribution in [-0.2, 0) is 22.8 Å². The summed E-state index contributed by atoms with van der Waals surface area (Å²) in [5.41, 5.74) is 0. The second-order valence-electron chi connectivity index (χ2n) is 8.76. The van der Waals surface area contributed by atoms with Gasteiger partial charge in [0.25, 0.3) is 0 Å². The molecule has 5 nitrogen and oxygen atoms in total. The summed E-state index contributed by atoms with van der Waals surface area (Å²) in [7, 11) is -2.43.